The molecule has 4 N–H and O–H groups in total. The smallest absolute Gasteiger partial charge is 0.657 e. The summed E-state index contributed by atoms with van der Waals surface area (Å²) in [6.07, 6.45) is 11.2. The van der Waals surface area contributed by atoms with Crippen molar-refractivity contribution in [3.05, 3.63) is 142 Å². The third-order valence-electron chi connectivity index (χ3n) is 21.5. The quantitative estimate of drug-likeness (QED) is 0.0876. The molecule has 3 aromatic heterocycles. The van der Waals surface area contributed by atoms with Gasteiger partial charge in [-0.25, -0.2) is 9.97 Å². The first-order valence-electron chi connectivity index (χ1n) is 34.6. The van der Waals surface area contributed by atoms with E-state index in [1.807, 2.05) is 60.7 Å². The molecule has 99 heavy (non-hydrogen) atoms. The van der Waals surface area contributed by atoms with Crippen molar-refractivity contribution in [2.75, 3.05) is 21.3 Å². The van der Waals surface area contributed by atoms with Crippen molar-refractivity contribution in [3.8, 4) is 44.5 Å². The van der Waals surface area contributed by atoms with Crippen LogP contribution in [0.3, 0.4) is 0 Å². The van der Waals surface area contributed by atoms with Crippen LogP contribution in [0.1, 0.15) is 209 Å². The molecule has 2 radical (unpaired) electrons. The van der Waals surface area contributed by atoms with Crippen LogP contribution in [0.4, 0.5) is 22.7 Å². The Morgan fingerprint density at radius 2 is 0.576 bits per heavy atom. The van der Waals surface area contributed by atoms with Gasteiger partial charge in [0.25, 0.3) is 0 Å². The summed E-state index contributed by atoms with van der Waals surface area (Å²) in [6, 6.07) is 33.3. The maximum atomic E-state index is 14.6. The number of carbonyl (C=O) groups is 4. The van der Waals surface area contributed by atoms with Crippen LogP contribution in [0.15, 0.2) is 97.1 Å². The first kappa shape index (κ1) is 74.5. The van der Waals surface area contributed by atoms with Crippen LogP contribution < -0.4 is 31.2 Å². The number of amides is 4. The Labute approximate surface area is 610 Å². The van der Waals surface area contributed by atoms with E-state index in [0.29, 0.717) is 89.8 Å². The maximum absolute atomic E-state index is 14.6. The molecule has 0 spiro atoms. The van der Waals surface area contributed by atoms with Crippen LogP contribution in [-0.2, 0) is 74.4 Å². The number of nitrogens with one attached hydrogen (secondary N) is 4. The van der Waals surface area contributed by atoms with Gasteiger partial charge in [-0.1, -0.05) is 211 Å². The van der Waals surface area contributed by atoms with Gasteiger partial charge in [0.15, 0.2) is 0 Å². The molecule has 4 aliphatic carbocycles. The topological polar surface area (TPSA) is 170 Å². The minimum atomic E-state index is -0.257. The molecule has 5 heterocycles. The van der Waals surface area contributed by atoms with E-state index >= 15 is 0 Å². The number of nitrogens with zero attached hydrogens (tertiary/aromatic N) is 4. The van der Waals surface area contributed by atoms with Crippen molar-refractivity contribution in [3.63, 3.8) is 0 Å². The third kappa shape index (κ3) is 14.7. The molecule has 4 aromatic carbocycles. The Hall–Kier alpha value is -7.20. The summed E-state index contributed by atoms with van der Waals surface area (Å²) in [4.78, 5) is 81.6. The molecule has 6 aliphatic rings. The molecule has 4 fully saturated rings. The molecule has 4 saturated carbocycles. The van der Waals surface area contributed by atoms with Gasteiger partial charge in [-0.15, -0.1) is 22.1 Å². The predicted molar refractivity (Wildman–Crippen MR) is 407 cm³/mol. The van der Waals surface area contributed by atoms with Crippen molar-refractivity contribution in [2.45, 2.75) is 186 Å². The van der Waals surface area contributed by atoms with Crippen LogP contribution in [0.5, 0.6) is 0 Å². The summed E-state index contributed by atoms with van der Waals surface area (Å²) < 4.78 is 0. The van der Waals surface area contributed by atoms with E-state index in [-0.39, 0.29) is 134 Å². The van der Waals surface area contributed by atoms with Gasteiger partial charge in [0.2, 0.25) is 23.6 Å². The Morgan fingerprint density at radius 3 is 0.788 bits per heavy atom. The molecule has 8 bridgehead atoms. The van der Waals surface area contributed by atoms with Gasteiger partial charge < -0.3 is 31.2 Å². The molecular formula is C84H99Co2N8O4P. The fraction of sp³-hybridized carbons (Fsp3) is 0.429. The van der Waals surface area contributed by atoms with Crippen LogP contribution >= 0.6 is 9.90 Å². The molecule has 5 unspecified atom stereocenters. The molecule has 522 valence electrons. The second kappa shape index (κ2) is 25.7. The Morgan fingerprint density at radius 1 is 0.364 bits per heavy atom. The number of hydrogen-bond acceptors (Lipinski definition) is 6. The van der Waals surface area contributed by atoms with Crippen molar-refractivity contribution < 1.29 is 52.7 Å². The zero-order valence-electron chi connectivity index (χ0n) is 61.5. The van der Waals surface area contributed by atoms with E-state index in [4.69, 9.17) is 19.9 Å². The SMILES string of the molecule is CC(C)(C)c1cc(-c2c3nc(c(-c4c(NC(=O)C5CC5(C)C)cccc4NC(=O)C4CC4(C)C)c4ccc([n-]4)c(-c4cc(C(C)(C)C)cc(C(C)(C)C)c4)c4nc(c(-c5c(NC(=O)C6CC6(C)C)cccc5NC(=O)C5CC5(C)C)c5ccc2[n-]5)C=C4)C=C3)cc(C(C)(C)C)c1.P.[Co+2].[Co]. The van der Waals surface area contributed by atoms with E-state index in [1.165, 1.54) is 0 Å². The van der Waals surface area contributed by atoms with Crippen LogP contribution in [0.2, 0.25) is 0 Å². The Balaban J connectivity index is 0.00000353. The molecule has 0 saturated heterocycles. The second-order valence-electron chi connectivity index (χ2n) is 35.4. The molecule has 13 rings (SSSR count). The number of benzene rings is 4. The van der Waals surface area contributed by atoms with Crippen LogP contribution in [-0.4, -0.2) is 33.6 Å². The van der Waals surface area contributed by atoms with Crippen molar-refractivity contribution in [1.29, 1.82) is 0 Å². The van der Waals surface area contributed by atoms with Crippen LogP contribution in [0, 0.1) is 45.3 Å². The fourth-order valence-corrected chi connectivity index (χ4v) is 14.1. The standard InChI is InChI=1S/C84H98N8O4.2Co.H3P/c1-77(2,3)47-35-45(36-48(39-47)78(4,5)6)67-59-27-31-63(85-59)71(69-55(89-73(93)51-41-81(51,13)14)23-21-24-56(69)90-74(94)52-42-82(52,15)16)65-33-29-61(87-65)68(46-37-49(79(7,8)9)40-50(38-46)80(10,11)12)62-30-34-66(88-62)72(64-32-28-60(67)86-64)70-57(91-75(95)53-43-83(53,17)18)25-22-26-58(70)92-76(96)54-44-84(54,19)20;;;/h21-40,51-54H,41-44H2,1-20H3,(H6,85,86,87,88,89,90,91,92,93,94,95,96);;;1H3/q;;+2;/p-2. The molecule has 12 nitrogen and oxygen atoms in total. The Kier molecular flexibility index (Phi) is 19.3. The molecule has 15 heteroatoms. The molecule has 5 atom stereocenters. The van der Waals surface area contributed by atoms with E-state index in [9.17, 15) is 19.2 Å². The van der Waals surface area contributed by atoms with E-state index in [1.54, 1.807) is 0 Å². The number of aromatic nitrogens is 4. The number of anilines is 4. The number of rotatable bonds is 12. The molecule has 7 aromatic rings. The largest absolute Gasteiger partial charge is 2.00 e. The van der Waals surface area contributed by atoms with Gasteiger partial charge in [0, 0.05) is 51.6 Å². The van der Waals surface area contributed by atoms with E-state index in [2.05, 4.69) is 220 Å². The zero-order chi connectivity index (χ0) is 69.1. The van der Waals surface area contributed by atoms with Gasteiger partial charge in [0.05, 0.1) is 45.5 Å². The van der Waals surface area contributed by atoms with Gasteiger partial charge in [-0.05, 0) is 173 Å². The average Bonchev–Trinajstić information content (AvgIpc) is 1.66. The molecular weight excluding hydrogens is 1330 g/mol. The fourth-order valence-electron chi connectivity index (χ4n) is 14.1. The number of carbonyl (C=O) groups excluding carboxylic acids is 4. The summed E-state index contributed by atoms with van der Waals surface area (Å²) in [5.41, 5.74) is 15.6. The Bertz CT molecular complexity index is 4260. The normalized spacial score (nSPS) is 19.5. The summed E-state index contributed by atoms with van der Waals surface area (Å²) >= 11 is 0. The van der Waals surface area contributed by atoms with Gasteiger partial charge in [0.1, 0.15) is 0 Å². The number of fused-ring (bicyclic) bond motifs is 8. The first-order valence-corrected chi connectivity index (χ1v) is 34.6. The van der Waals surface area contributed by atoms with Crippen LogP contribution in [0.25, 0.3) is 90.9 Å². The van der Waals surface area contributed by atoms with Gasteiger partial charge in [-0.3, -0.25) is 19.2 Å². The van der Waals surface area contributed by atoms with Gasteiger partial charge in [-0.2, -0.15) is 9.90 Å². The monoisotopic (exact) mass is 1430 g/mol. The number of hydrogen-bond donors (Lipinski definition) is 4. The van der Waals surface area contributed by atoms with E-state index in [0.717, 1.165) is 70.2 Å². The minimum absolute atomic E-state index is 0. The summed E-state index contributed by atoms with van der Waals surface area (Å²) in [5, 5.41) is 13.6. The maximum Gasteiger partial charge on any atom is 2.00 e. The van der Waals surface area contributed by atoms with Crippen molar-refractivity contribution in [2.24, 2.45) is 45.3 Å². The van der Waals surface area contributed by atoms with E-state index < -0.39 is 0 Å². The minimum Gasteiger partial charge on any atom is -0.657 e. The molecule has 4 amide bonds. The predicted octanol–water partition coefficient (Wildman–Crippen LogP) is 19.8. The van der Waals surface area contributed by atoms with Crippen molar-refractivity contribution in [1.82, 2.24) is 19.9 Å². The summed E-state index contributed by atoms with van der Waals surface area (Å²) in [7, 11) is 0. The van der Waals surface area contributed by atoms with Crippen molar-refractivity contribution >= 4 is 103 Å². The summed E-state index contributed by atoms with van der Waals surface area (Å²) in [6.45, 7) is 43.8. The molecule has 2 aliphatic heterocycles. The summed E-state index contributed by atoms with van der Waals surface area (Å²) in [5.74, 6) is -1.16. The van der Waals surface area contributed by atoms with Gasteiger partial charge >= 0.3 is 16.8 Å². The third-order valence-corrected chi connectivity index (χ3v) is 21.5. The second-order valence-corrected chi connectivity index (χ2v) is 35.4. The first-order chi connectivity index (χ1) is 44.7. The average molecular weight is 1430 g/mol. The zero-order valence-corrected chi connectivity index (χ0v) is 65.0.